The number of nitrogens with one attached hydrogen (secondary N) is 1. The fourth-order valence-electron chi connectivity index (χ4n) is 1.06. The molecule has 0 unspecified atom stereocenters. The van der Waals surface area contributed by atoms with Crippen LogP contribution in [0.1, 0.15) is 19.4 Å². The first-order chi connectivity index (χ1) is 6.44. The zero-order valence-electron chi connectivity index (χ0n) is 8.56. The average molecular weight is 209 g/mol. The van der Waals surface area contributed by atoms with Crippen molar-refractivity contribution >= 4 is 17.3 Å². The van der Waals surface area contributed by atoms with Crippen LogP contribution in [0.15, 0.2) is 18.2 Å². The van der Waals surface area contributed by atoms with Gasteiger partial charge in [-0.1, -0.05) is 17.7 Å². The Morgan fingerprint density at radius 2 is 2.07 bits per heavy atom. The van der Waals surface area contributed by atoms with Crippen LogP contribution in [0.2, 0.25) is 5.02 Å². The smallest absolute Gasteiger partial charge is 0.119 e. The van der Waals surface area contributed by atoms with Gasteiger partial charge in [0.2, 0.25) is 0 Å². The first-order valence-corrected chi connectivity index (χ1v) is 4.78. The zero-order chi connectivity index (χ0) is 10.8. The summed E-state index contributed by atoms with van der Waals surface area (Å²) in [4.78, 5) is 0. The molecule has 1 rings (SSSR count). The van der Waals surface area contributed by atoms with Gasteiger partial charge in [-0.25, -0.2) is 0 Å². The van der Waals surface area contributed by atoms with Crippen molar-refractivity contribution in [3.05, 3.63) is 28.8 Å². The van der Waals surface area contributed by atoms with E-state index in [0.29, 0.717) is 5.02 Å². The van der Waals surface area contributed by atoms with Gasteiger partial charge in [0.15, 0.2) is 0 Å². The second kappa shape index (κ2) is 3.89. The number of halogens is 1. The van der Waals surface area contributed by atoms with Crippen molar-refractivity contribution in [1.29, 1.82) is 5.26 Å². The van der Waals surface area contributed by atoms with Gasteiger partial charge in [0.05, 0.1) is 6.07 Å². The predicted octanol–water partition coefficient (Wildman–Crippen LogP) is 3.36. The monoisotopic (exact) mass is 208 g/mol. The Bertz CT molecular complexity index is 377. The molecule has 0 radical (unpaired) electrons. The minimum absolute atomic E-state index is 0.571. The molecule has 1 aromatic rings. The van der Waals surface area contributed by atoms with Crippen molar-refractivity contribution in [3.8, 4) is 6.07 Å². The van der Waals surface area contributed by atoms with E-state index in [1.54, 1.807) is 0 Å². The molecule has 0 amide bonds. The maximum absolute atomic E-state index is 8.83. The molecule has 1 aromatic carbocycles. The Balaban J connectivity index is 2.90. The summed E-state index contributed by atoms with van der Waals surface area (Å²) in [6.45, 7) is 5.59. The molecule has 14 heavy (non-hydrogen) atoms. The van der Waals surface area contributed by atoms with Gasteiger partial charge in [-0.05, 0) is 38.5 Å². The third-order valence-corrected chi connectivity index (χ3v) is 2.32. The van der Waals surface area contributed by atoms with Crippen LogP contribution in [0.25, 0.3) is 0 Å². The lowest BCUT2D eigenvalue weighted by Crippen LogP contribution is -2.28. The van der Waals surface area contributed by atoms with E-state index in [-0.39, 0.29) is 0 Å². The molecule has 0 bridgehead atoms. The molecule has 0 heterocycles. The topological polar surface area (TPSA) is 35.8 Å². The summed E-state index contributed by atoms with van der Waals surface area (Å²) in [5.74, 6) is 0. The van der Waals surface area contributed by atoms with E-state index >= 15 is 0 Å². The standard InChI is InChI=1S/C11H13ClN2/c1-8-4-5-9(6-10(8)12)14-11(2,3)7-13/h4-6,14H,1-3H3. The Morgan fingerprint density at radius 1 is 1.43 bits per heavy atom. The van der Waals surface area contributed by atoms with Gasteiger partial charge >= 0.3 is 0 Å². The highest BCUT2D eigenvalue weighted by atomic mass is 35.5. The number of hydrogen-bond acceptors (Lipinski definition) is 2. The van der Waals surface area contributed by atoms with E-state index in [1.165, 1.54) is 0 Å². The Hall–Kier alpha value is -1.20. The normalized spacial score (nSPS) is 10.8. The molecule has 0 saturated heterocycles. The van der Waals surface area contributed by atoms with E-state index in [1.807, 2.05) is 39.0 Å². The molecule has 0 aromatic heterocycles. The quantitative estimate of drug-likeness (QED) is 0.809. The second-order valence-corrected chi connectivity index (χ2v) is 4.23. The Kier molecular flexibility index (Phi) is 3.03. The lowest BCUT2D eigenvalue weighted by atomic mass is 10.1. The van der Waals surface area contributed by atoms with Gasteiger partial charge in [0.1, 0.15) is 5.54 Å². The summed E-state index contributed by atoms with van der Waals surface area (Å²) < 4.78 is 0. The van der Waals surface area contributed by atoms with E-state index in [4.69, 9.17) is 16.9 Å². The van der Waals surface area contributed by atoms with Crippen LogP contribution < -0.4 is 5.32 Å². The van der Waals surface area contributed by atoms with Crippen molar-refractivity contribution in [2.75, 3.05) is 5.32 Å². The fraction of sp³-hybridized carbons (Fsp3) is 0.364. The van der Waals surface area contributed by atoms with Gasteiger partial charge in [-0.15, -0.1) is 0 Å². The van der Waals surface area contributed by atoms with Crippen LogP contribution in [0.3, 0.4) is 0 Å². The van der Waals surface area contributed by atoms with E-state index in [2.05, 4.69) is 11.4 Å². The molecule has 2 nitrogen and oxygen atoms in total. The number of hydrogen-bond donors (Lipinski definition) is 1. The molecule has 74 valence electrons. The van der Waals surface area contributed by atoms with Crippen LogP contribution in [0, 0.1) is 18.3 Å². The molecule has 0 aliphatic heterocycles. The number of aryl methyl sites for hydroxylation is 1. The van der Waals surface area contributed by atoms with Gasteiger partial charge in [-0.2, -0.15) is 5.26 Å². The highest BCUT2D eigenvalue weighted by Crippen LogP contribution is 2.22. The first kappa shape index (κ1) is 10.9. The molecule has 0 atom stereocenters. The van der Waals surface area contributed by atoms with E-state index in [0.717, 1.165) is 11.3 Å². The van der Waals surface area contributed by atoms with Crippen LogP contribution in [-0.4, -0.2) is 5.54 Å². The average Bonchev–Trinajstić information content (AvgIpc) is 2.11. The lowest BCUT2D eigenvalue weighted by molar-refractivity contribution is 0.729. The summed E-state index contributed by atoms with van der Waals surface area (Å²) in [6, 6.07) is 7.84. The van der Waals surface area contributed by atoms with Gasteiger partial charge < -0.3 is 5.32 Å². The predicted molar refractivity (Wildman–Crippen MR) is 59.5 cm³/mol. The van der Waals surface area contributed by atoms with Crippen LogP contribution in [0.5, 0.6) is 0 Å². The van der Waals surface area contributed by atoms with Gasteiger partial charge in [-0.3, -0.25) is 0 Å². The lowest BCUT2D eigenvalue weighted by Gasteiger charge is -2.19. The minimum atomic E-state index is -0.571. The summed E-state index contributed by atoms with van der Waals surface area (Å²) in [6.07, 6.45) is 0. The van der Waals surface area contributed by atoms with Crippen LogP contribution in [-0.2, 0) is 0 Å². The van der Waals surface area contributed by atoms with Crippen molar-refractivity contribution in [1.82, 2.24) is 0 Å². The minimum Gasteiger partial charge on any atom is -0.368 e. The largest absolute Gasteiger partial charge is 0.368 e. The molecular formula is C11H13ClN2. The first-order valence-electron chi connectivity index (χ1n) is 4.40. The fourth-order valence-corrected chi connectivity index (χ4v) is 1.24. The Morgan fingerprint density at radius 3 is 2.57 bits per heavy atom. The molecule has 0 saturated carbocycles. The number of benzene rings is 1. The second-order valence-electron chi connectivity index (χ2n) is 3.83. The highest BCUT2D eigenvalue weighted by Gasteiger charge is 2.15. The van der Waals surface area contributed by atoms with Crippen molar-refractivity contribution in [2.24, 2.45) is 0 Å². The Labute approximate surface area is 89.5 Å². The molecule has 3 heteroatoms. The maximum Gasteiger partial charge on any atom is 0.119 e. The molecule has 0 spiro atoms. The van der Waals surface area contributed by atoms with E-state index < -0.39 is 5.54 Å². The van der Waals surface area contributed by atoms with Crippen LogP contribution in [0.4, 0.5) is 5.69 Å². The third-order valence-electron chi connectivity index (χ3n) is 1.91. The van der Waals surface area contributed by atoms with Crippen molar-refractivity contribution in [3.63, 3.8) is 0 Å². The van der Waals surface area contributed by atoms with Gasteiger partial charge in [0.25, 0.3) is 0 Å². The molecule has 0 fully saturated rings. The molecule has 1 N–H and O–H groups in total. The summed E-state index contributed by atoms with van der Waals surface area (Å²) in [5.41, 5.74) is 1.33. The SMILES string of the molecule is Cc1ccc(NC(C)(C)C#N)cc1Cl. The number of anilines is 1. The number of nitriles is 1. The summed E-state index contributed by atoms with van der Waals surface area (Å²) in [5, 5.41) is 12.6. The van der Waals surface area contributed by atoms with E-state index in [9.17, 15) is 0 Å². The zero-order valence-corrected chi connectivity index (χ0v) is 9.31. The molecule has 0 aliphatic rings. The van der Waals surface area contributed by atoms with Crippen molar-refractivity contribution in [2.45, 2.75) is 26.3 Å². The van der Waals surface area contributed by atoms with Crippen molar-refractivity contribution < 1.29 is 0 Å². The number of rotatable bonds is 2. The molecule has 0 aliphatic carbocycles. The summed E-state index contributed by atoms with van der Waals surface area (Å²) in [7, 11) is 0. The maximum atomic E-state index is 8.83. The van der Waals surface area contributed by atoms with Crippen LogP contribution >= 0.6 is 11.6 Å². The molecular weight excluding hydrogens is 196 g/mol. The number of nitrogens with zero attached hydrogens (tertiary/aromatic N) is 1. The van der Waals surface area contributed by atoms with Gasteiger partial charge in [0, 0.05) is 10.7 Å². The highest BCUT2D eigenvalue weighted by molar-refractivity contribution is 6.31. The third kappa shape index (κ3) is 2.65. The summed E-state index contributed by atoms with van der Waals surface area (Å²) >= 11 is 5.96.